The summed E-state index contributed by atoms with van der Waals surface area (Å²) < 4.78 is 47.1. The van der Waals surface area contributed by atoms with Crippen molar-refractivity contribution in [2.75, 3.05) is 19.5 Å². The summed E-state index contributed by atoms with van der Waals surface area (Å²) in [5.41, 5.74) is -3.67. The Hall–Kier alpha value is -2.35. The molecule has 1 N–H and O–H groups in total. The first-order valence-corrected chi connectivity index (χ1v) is 7.52. The second-order valence-corrected chi connectivity index (χ2v) is 5.77. The lowest BCUT2D eigenvalue weighted by Gasteiger charge is -2.10. The number of hydrogen-bond acceptors (Lipinski definition) is 4. The van der Waals surface area contributed by atoms with Crippen molar-refractivity contribution in [3.05, 3.63) is 48.0 Å². The fourth-order valence-corrected chi connectivity index (χ4v) is 2.43. The Morgan fingerprint density at radius 1 is 1.00 bits per heavy atom. The lowest BCUT2D eigenvalue weighted by atomic mass is 10.2. The van der Waals surface area contributed by atoms with Crippen LogP contribution in [0.15, 0.2) is 47.4 Å². The first-order chi connectivity index (χ1) is 11.3. The monoisotopic (exact) mass is 357 g/mol. The van der Waals surface area contributed by atoms with E-state index >= 15 is 0 Å². The van der Waals surface area contributed by atoms with E-state index in [1.807, 2.05) is 0 Å². The molecule has 24 heavy (non-hydrogen) atoms. The van der Waals surface area contributed by atoms with Gasteiger partial charge < -0.3 is 14.8 Å². The van der Waals surface area contributed by atoms with Gasteiger partial charge in [0.1, 0.15) is 11.5 Å². The largest absolute Gasteiger partial charge is 0.497 e. The van der Waals surface area contributed by atoms with Crippen molar-refractivity contribution in [3.63, 3.8) is 0 Å². The minimum atomic E-state index is -4.36. The molecule has 2 rings (SSSR count). The van der Waals surface area contributed by atoms with Crippen molar-refractivity contribution in [2.24, 2.45) is 0 Å². The second-order valence-electron chi connectivity index (χ2n) is 4.63. The maximum Gasteiger partial charge on any atom is 0.446 e. The molecular formula is C16H14F3NO3S. The van der Waals surface area contributed by atoms with Crippen LogP contribution in [0.5, 0.6) is 11.5 Å². The zero-order valence-electron chi connectivity index (χ0n) is 12.8. The number of thioether (sulfide) groups is 1. The van der Waals surface area contributed by atoms with Gasteiger partial charge in [-0.3, -0.25) is 4.79 Å². The molecule has 128 valence electrons. The lowest BCUT2D eigenvalue weighted by Crippen LogP contribution is -2.12. The molecule has 0 aliphatic carbocycles. The van der Waals surface area contributed by atoms with Gasteiger partial charge in [0, 0.05) is 34.3 Å². The third kappa shape index (κ3) is 5.09. The molecule has 2 aromatic rings. The van der Waals surface area contributed by atoms with Crippen LogP contribution in [0, 0.1) is 0 Å². The minimum absolute atomic E-state index is 0.0158. The van der Waals surface area contributed by atoms with E-state index in [1.54, 1.807) is 18.2 Å². The predicted octanol–water partition coefficient (Wildman–Crippen LogP) is 4.57. The van der Waals surface area contributed by atoms with Gasteiger partial charge in [0.25, 0.3) is 5.91 Å². The van der Waals surface area contributed by atoms with Crippen molar-refractivity contribution < 1.29 is 27.4 Å². The Morgan fingerprint density at radius 2 is 1.54 bits per heavy atom. The number of rotatable bonds is 5. The predicted molar refractivity (Wildman–Crippen MR) is 85.9 cm³/mol. The molecular weight excluding hydrogens is 343 g/mol. The number of methoxy groups -OCH3 is 2. The number of carbonyl (C=O) groups excluding carboxylic acids is 1. The molecule has 0 bridgehead atoms. The summed E-state index contributed by atoms with van der Waals surface area (Å²) in [4.78, 5) is 12.2. The summed E-state index contributed by atoms with van der Waals surface area (Å²) >= 11 is -0.230. The van der Waals surface area contributed by atoms with Gasteiger partial charge in [-0.25, -0.2) is 0 Å². The van der Waals surface area contributed by atoms with Gasteiger partial charge in [0.15, 0.2) is 0 Å². The maximum absolute atomic E-state index is 12.3. The van der Waals surface area contributed by atoms with Crippen LogP contribution in [0.3, 0.4) is 0 Å². The number of nitrogens with one attached hydrogen (secondary N) is 1. The van der Waals surface area contributed by atoms with E-state index in [-0.39, 0.29) is 22.2 Å². The summed E-state index contributed by atoms with van der Waals surface area (Å²) in [6, 6.07) is 10.0. The number of carbonyl (C=O) groups is 1. The third-order valence-electron chi connectivity index (χ3n) is 2.96. The van der Waals surface area contributed by atoms with Crippen molar-refractivity contribution in [1.82, 2.24) is 0 Å². The highest BCUT2D eigenvalue weighted by Crippen LogP contribution is 2.36. The van der Waals surface area contributed by atoms with E-state index < -0.39 is 11.4 Å². The number of benzene rings is 2. The Kier molecular flexibility index (Phi) is 5.61. The molecule has 0 heterocycles. The van der Waals surface area contributed by atoms with E-state index in [1.165, 1.54) is 38.5 Å². The van der Waals surface area contributed by atoms with Crippen molar-refractivity contribution in [2.45, 2.75) is 10.4 Å². The highest BCUT2D eigenvalue weighted by molar-refractivity contribution is 8.00. The Balaban J connectivity index is 2.12. The Bertz CT molecular complexity index is 695. The standard InChI is InChI=1S/C16H14F3NO3S/c1-22-12-7-11(8-13(9-12)23-2)20-15(21)10-3-5-14(6-4-10)24-16(17,18)19/h3-9H,1-2H3,(H,20,21). The number of amides is 1. The van der Waals surface area contributed by atoms with Gasteiger partial charge in [-0.05, 0) is 36.0 Å². The molecule has 4 nitrogen and oxygen atoms in total. The Morgan fingerprint density at radius 3 is 2.00 bits per heavy atom. The summed E-state index contributed by atoms with van der Waals surface area (Å²) in [6.07, 6.45) is 0. The van der Waals surface area contributed by atoms with Crippen LogP contribution in [0.1, 0.15) is 10.4 Å². The average Bonchev–Trinajstić information content (AvgIpc) is 2.53. The van der Waals surface area contributed by atoms with Gasteiger partial charge in [-0.1, -0.05) is 0 Å². The molecule has 0 fully saturated rings. The van der Waals surface area contributed by atoms with Crippen LogP contribution in [0.2, 0.25) is 0 Å². The molecule has 0 radical (unpaired) electrons. The molecule has 0 saturated carbocycles. The number of hydrogen-bond donors (Lipinski definition) is 1. The second kappa shape index (κ2) is 7.48. The quantitative estimate of drug-likeness (QED) is 0.797. The van der Waals surface area contributed by atoms with Crippen molar-refractivity contribution in [3.8, 4) is 11.5 Å². The smallest absolute Gasteiger partial charge is 0.446 e. The van der Waals surface area contributed by atoms with Crippen LogP contribution in [-0.4, -0.2) is 25.6 Å². The highest BCUT2D eigenvalue weighted by atomic mass is 32.2. The van der Waals surface area contributed by atoms with Gasteiger partial charge >= 0.3 is 5.51 Å². The first kappa shape index (κ1) is 18.0. The Labute approximate surface area is 141 Å². The first-order valence-electron chi connectivity index (χ1n) is 6.71. The molecule has 0 aliphatic rings. The molecule has 0 spiro atoms. The molecule has 8 heteroatoms. The van der Waals surface area contributed by atoms with Gasteiger partial charge in [0.2, 0.25) is 0 Å². The van der Waals surface area contributed by atoms with E-state index in [2.05, 4.69) is 5.32 Å². The number of halogens is 3. The fourth-order valence-electron chi connectivity index (χ4n) is 1.89. The summed E-state index contributed by atoms with van der Waals surface area (Å²) in [5.74, 6) is 0.553. The molecule has 0 unspecified atom stereocenters. The zero-order chi connectivity index (χ0) is 17.7. The summed E-state index contributed by atoms with van der Waals surface area (Å²) in [5, 5.41) is 2.65. The molecule has 2 aromatic carbocycles. The zero-order valence-corrected chi connectivity index (χ0v) is 13.6. The SMILES string of the molecule is COc1cc(NC(=O)c2ccc(SC(F)(F)F)cc2)cc(OC)c1. The number of alkyl halides is 3. The maximum atomic E-state index is 12.3. The molecule has 0 atom stereocenters. The average molecular weight is 357 g/mol. The number of anilines is 1. The van der Waals surface area contributed by atoms with E-state index in [4.69, 9.17) is 9.47 Å². The van der Waals surface area contributed by atoms with Gasteiger partial charge in [-0.15, -0.1) is 0 Å². The van der Waals surface area contributed by atoms with Crippen molar-refractivity contribution in [1.29, 1.82) is 0 Å². The van der Waals surface area contributed by atoms with Crippen LogP contribution in [0.25, 0.3) is 0 Å². The minimum Gasteiger partial charge on any atom is -0.497 e. The van der Waals surface area contributed by atoms with E-state index in [9.17, 15) is 18.0 Å². The summed E-state index contributed by atoms with van der Waals surface area (Å²) in [7, 11) is 2.97. The van der Waals surface area contributed by atoms with Crippen LogP contribution >= 0.6 is 11.8 Å². The normalized spacial score (nSPS) is 11.0. The van der Waals surface area contributed by atoms with Crippen LogP contribution < -0.4 is 14.8 Å². The molecule has 0 saturated heterocycles. The topological polar surface area (TPSA) is 47.6 Å². The van der Waals surface area contributed by atoms with Crippen molar-refractivity contribution >= 4 is 23.4 Å². The third-order valence-corrected chi connectivity index (χ3v) is 3.70. The molecule has 1 amide bonds. The van der Waals surface area contributed by atoms with Gasteiger partial charge in [0.05, 0.1) is 14.2 Å². The van der Waals surface area contributed by atoms with Crippen LogP contribution in [-0.2, 0) is 0 Å². The lowest BCUT2D eigenvalue weighted by molar-refractivity contribution is -0.0328. The molecule has 0 aromatic heterocycles. The molecule has 0 aliphatic heterocycles. The van der Waals surface area contributed by atoms with E-state index in [0.29, 0.717) is 17.2 Å². The fraction of sp³-hybridized carbons (Fsp3) is 0.188. The van der Waals surface area contributed by atoms with E-state index in [0.717, 1.165) is 0 Å². The van der Waals surface area contributed by atoms with Gasteiger partial charge in [-0.2, -0.15) is 13.2 Å². The summed E-state index contributed by atoms with van der Waals surface area (Å²) in [6.45, 7) is 0. The highest BCUT2D eigenvalue weighted by Gasteiger charge is 2.29. The number of ether oxygens (including phenoxy) is 2. The van der Waals surface area contributed by atoms with Crippen LogP contribution in [0.4, 0.5) is 18.9 Å².